The zero-order valence-electron chi connectivity index (χ0n) is 10.3. The van der Waals surface area contributed by atoms with Gasteiger partial charge in [-0.05, 0) is 37.6 Å². The summed E-state index contributed by atoms with van der Waals surface area (Å²) >= 11 is 5.73. The number of nitrogens with one attached hydrogen (secondary N) is 1. The first kappa shape index (κ1) is 13.3. The average molecular weight is 283 g/mol. The topological polar surface area (TPSA) is 94.1 Å². The molecule has 0 fully saturated rings. The van der Waals surface area contributed by atoms with Crippen LogP contribution in [0, 0.1) is 17.0 Å². The third kappa shape index (κ3) is 2.82. The van der Waals surface area contributed by atoms with Gasteiger partial charge in [-0.15, -0.1) is 0 Å². The molecule has 2 aromatic heterocycles. The minimum Gasteiger partial charge on any atom is -0.467 e. The Labute approximate surface area is 113 Å². The van der Waals surface area contributed by atoms with E-state index in [1.54, 1.807) is 19.1 Å². The maximum absolute atomic E-state index is 11.0. The number of nitrogens with zero attached hydrogens (tertiary/aromatic N) is 3. The van der Waals surface area contributed by atoms with Crippen molar-refractivity contribution in [2.45, 2.75) is 19.9 Å². The second-order valence-corrected chi connectivity index (χ2v) is 4.25. The van der Waals surface area contributed by atoms with Crippen molar-refractivity contribution in [3.63, 3.8) is 0 Å². The molecule has 1 unspecified atom stereocenters. The van der Waals surface area contributed by atoms with Gasteiger partial charge in [0.05, 0.1) is 17.2 Å². The van der Waals surface area contributed by atoms with E-state index in [1.165, 1.54) is 13.2 Å². The number of hydrogen-bond donors (Lipinski definition) is 1. The number of halogens is 1. The molecule has 2 rings (SSSR count). The molecule has 8 heteroatoms. The molecule has 100 valence electrons. The molecule has 2 aromatic rings. The summed E-state index contributed by atoms with van der Waals surface area (Å²) in [4.78, 5) is 18.1. The van der Waals surface area contributed by atoms with Crippen LogP contribution in [0.1, 0.15) is 24.4 Å². The van der Waals surface area contributed by atoms with Crippen LogP contribution in [0.15, 0.2) is 22.8 Å². The van der Waals surface area contributed by atoms with Crippen molar-refractivity contribution in [1.82, 2.24) is 9.97 Å². The lowest BCUT2D eigenvalue weighted by Crippen LogP contribution is -2.11. The number of anilines is 1. The molecule has 7 nitrogen and oxygen atoms in total. The lowest BCUT2D eigenvalue weighted by molar-refractivity contribution is -0.385. The van der Waals surface area contributed by atoms with Gasteiger partial charge in [0.2, 0.25) is 11.1 Å². The van der Waals surface area contributed by atoms with Gasteiger partial charge < -0.3 is 9.73 Å². The molecule has 19 heavy (non-hydrogen) atoms. The second-order valence-electron chi connectivity index (χ2n) is 3.91. The Morgan fingerprint density at radius 3 is 2.84 bits per heavy atom. The summed E-state index contributed by atoms with van der Waals surface area (Å²) in [5.74, 6) is 0.716. The summed E-state index contributed by atoms with van der Waals surface area (Å²) in [6.45, 7) is 3.31. The van der Waals surface area contributed by atoms with Crippen LogP contribution in [-0.2, 0) is 0 Å². The summed E-state index contributed by atoms with van der Waals surface area (Å²) < 4.78 is 5.22. The SMILES string of the molecule is Cc1nc(Cl)nc(NC(C)c2ccco2)c1[N+](=O)[O-]. The Hall–Kier alpha value is -2.15. The maximum Gasteiger partial charge on any atom is 0.332 e. The van der Waals surface area contributed by atoms with Gasteiger partial charge in [0, 0.05) is 0 Å². The van der Waals surface area contributed by atoms with E-state index in [1.807, 2.05) is 0 Å². The van der Waals surface area contributed by atoms with E-state index in [-0.39, 0.29) is 28.5 Å². The molecule has 1 atom stereocenters. The van der Waals surface area contributed by atoms with Crippen LogP contribution in [0.25, 0.3) is 0 Å². The predicted octanol–water partition coefficient (Wildman–Crippen LogP) is 3.11. The second kappa shape index (κ2) is 5.23. The monoisotopic (exact) mass is 282 g/mol. The van der Waals surface area contributed by atoms with Gasteiger partial charge in [-0.3, -0.25) is 10.1 Å². The molecular weight excluding hydrogens is 272 g/mol. The summed E-state index contributed by atoms with van der Waals surface area (Å²) in [6.07, 6.45) is 1.53. The molecule has 0 aromatic carbocycles. The number of rotatable bonds is 4. The van der Waals surface area contributed by atoms with Gasteiger partial charge in [0.1, 0.15) is 11.5 Å². The zero-order valence-corrected chi connectivity index (χ0v) is 11.0. The van der Waals surface area contributed by atoms with Gasteiger partial charge >= 0.3 is 5.69 Å². The van der Waals surface area contributed by atoms with Gasteiger partial charge in [0.15, 0.2) is 0 Å². The fourth-order valence-corrected chi connectivity index (χ4v) is 1.88. The van der Waals surface area contributed by atoms with Crippen LogP contribution in [0.5, 0.6) is 0 Å². The molecule has 0 spiro atoms. The molecule has 2 heterocycles. The predicted molar refractivity (Wildman–Crippen MR) is 69.2 cm³/mol. The summed E-state index contributed by atoms with van der Waals surface area (Å²) in [5, 5.41) is 13.9. The van der Waals surface area contributed by atoms with Crippen molar-refractivity contribution >= 4 is 23.1 Å². The Morgan fingerprint density at radius 2 is 2.26 bits per heavy atom. The first-order valence-corrected chi connectivity index (χ1v) is 5.85. The zero-order chi connectivity index (χ0) is 14.0. The van der Waals surface area contributed by atoms with E-state index >= 15 is 0 Å². The van der Waals surface area contributed by atoms with Gasteiger partial charge in [-0.1, -0.05) is 0 Å². The molecular formula is C11H11ClN4O3. The minimum atomic E-state index is -0.539. The first-order valence-electron chi connectivity index (χ1n) is 5.47. The Balaban J connectivity index is 2.36. The number of aryl methyl sites for hydroxylation is 1. The van der Waals surface area contributed by atoms with Crippen LogP contribution in [0.3, 0.4) is 0 Å². The van der Waals surface area contributed by atoms with Crippen LogP contribution >= 0.6 is 11.6 Å². The Kier molecular flexibility index (Phi) is 3.66. The normalized spacial score (nSPS) is 12.2. The van der Waals surface area contributed by atoms with Crippen molar-refractivity contribution in [3.8, 4) is 0 Å². The summed E-state index contributed by atoms with van der Waals surface area (Å²) in [5.41, 5.74) is 0.0157. The standard InChI is InChI=1S/C11H11ClN4O3/c1-6(8-4-3-5-19-8)13-10-9(16(17)18)7(2)14-11(12)15-10/h3-6H,1-2H3,(H,13,14,15). The summed E-state index contributed by atoms with van der Waals surface area (Å²) in [6, 6.07) is 3.22. The minimum absolute atomic E-state index is 0.0442. The van der Waals surface area contributed by atoms with Crippen molar-refractivity contribution in [1.29, 1.82) is 0 Å². The lowest BCUT2D eigenvalue weighted by Gasteiger charge is -2.12. The number of furan rings is 1. The van der Waals surface area contributed by atoms with E-state index in [2.05, 4.69) is 15.3 Å². The maximum atomic E-state index is 11.0. The van der Waals surface area contributed by atoms with Crippen LogP contribution in [0.2, 0.25) is 5.28 Å². The molecule has 0 aliphatic rings. The van der Waals surface area contributed by atoms with Crippen LogP contribution in [0.4, 0.5) is 11.5 Å². The fourth-order valence-electron chi connectivity index (χ4n) is 1.67. The highest BCUT2D eigenvalue weighted by Gasteiger charge is 2.23. The lowest BCUT2D eigenvalue weighted by atomic mass is 10.2. The van der Waals surface area contributed by atoms with Crippen LogP contribution in [-0.4, -0.2) is 14.9 Å². The largest absolute Gasteiger partial charge is 0.467 e. The van der Waals surface area contributed by atoms with Crippen molar-refractivity contribution in [3.05, 3.63) is 45.2 Å². The van der Waals surface area contributed by atoms with Crippen molar-refractivity contribution in [2.24, 2.45) is 0 Å². The highest BCUT2D eigenvalue weighted by Crippen LogP contribution is 2.29. The highest BCUT2D eigenvalue weighted by atomic mass is 35.5. The molecule has 0 aliphatic heterocycles. The smallest absolute Gasteiger partial charge is 0.332 e. The third-order valence-electron chi connectivity index (χ3n) is 2.54. The van der Waals surface area contributed by atoms with Gasteiger partial charge in [-0.2, -0.15) is 4.98 Å². The molecule has 1 N–H and O–H groups in total. The number of nitro groups is 1. The third-order valence-corrected chi connectivity index (χ3v) is 2.71. The first-order chi connectivity index (χ1) is 8.99. The van der Waals surface area contributed by atoms with E-state index in [4.69, 9.17) is 16.0 Å². The Bertz CT molecular complexity index is 600. The average Bonchev–Trinajstić information content (AvgIpc) is 2.80. The quantitative estimate of drug-likeness (QED) is 0.526. The molecule has 0 aliphatic carbocycles. The highest BCUT2D eigenvalue weighted by molar-refractivity contribution is 6.28. The van der Waals surface area contributed by atoms with Crippen molar-refractivity contribution in [2.75, 3.05) is 5.32 Å². The van der Waals surface area contributed by atoms with Gasteiger partial charge in [-0.25, -0.2) is 4.98 Å². The van der Waals surface area contributed by atoms with Crippen LogP contribution < -0.4 is 5.32 Å². The Morgan fingerprint density at radius 1 is 1.53 bits per heavy atom. The van der Waals surface area contributed by atoms with E-state index in [0.29, 0.717) is 5.76 Å². The van der Waals surface area contributed by atoms with Crippen molar-refractivity contribution < 1.29 is 9.34 Å². The molecule has 0 radical (unpaired) electrons. The summed E-state index contributed by atoms with van der Waals surface area (Å²) in [7, 11) is 0. The molecule has 0 amide bonds. The molecule has 0 bridgehead atoms. The number of hydrogen-bond acceptors (Lipinski definition) is 6. The number of aromatic nitrogens is 2. The molecule has 0 saturated carbocycles. The van der Waals surface area contributed by atoms with Gasteiger partial charge in [0.25, 0.3) is 0 Å². The van der Waals surface area contributed by atoms with E-state index < -0.39 is 4.92 Å². The van der Waals surface area contributed by atoms with E-state index in [9.17, 15) is 10.1 Å². The molecule has 0 saturated heterocycles. The van der Waals surface area contributed by atoms with E-state index in [0.717, 1.165) is 0 Å². The fraction of sp³-hybridized carbons (Fsp3) is 0.273.